The van der Waals surface area contributed by atoms with Crippen LogP contribution >= 0.6 is 0 Å². The second kappa shape index (κ2) is 5.81. The quantitative estimate of drug-likeness (QED) is 0.827. The Bertz CT molecular complexity index is 622. The zero-order valence-corrected chi connectivity index (χ0v) is 15.0. The number of piperidine rings is 2. The first-order chi connectivity index (χ1) is 11.8. The van der Waals surface area contributed by atoms with Crippen molar-refractivity contribution in [2.75, 3.05) is 13.1 Å². The van der Waals surface area contributed by atoms with E-state index in [0.717, 1.165) is 24.3 Å². The second-order valence-electron chi connectivity index (χ2n) is 8.92. The number of hydrogen-bond donors (Lipinski definition) is 2. The number of hydrogen-bond acceptors (Lipinski definition) is 3. The number of pyridine rings is 1. The Morgan fingerprint density at radius 3 is 3.00 bits per heavy atom. The third-order valence-corrected chi connectivity index (χ3v) is 7.35. The van der Waals surface area contributed by atoms with E-state index in [1.54, 1.807) is 5.56 Å². The van der Waals surface area contributed by atoms with Crippen LogP contribution in [-0.2, 0) is 12.0 Å². The minimum atomic E-state index is 0.228. The summed E-state index contributed by atoms with van der Waals surface area (Å²) in [6, 6.07) is 3.07. The summed E-state index contributed by atoms with van der Waals surface area (Å²) < 4.78 is 0. The van der Waals surface area contributed by atoms with Gasteiger partial charge in [-0.15, -0.1) is 0 Å². The van der Waals surface area contributed by atoms with Crippen LogP contribution in [0.4, 0.5) is 0 Å². The highest BCUT2D eigenvalue weighted by Gasteiger charge is 2.53. The summed E-state index contributed by atoms with van der Waals surface area (Å²) in [6.07, 6.45) is 12.8. The molecule has 130 valence electrons. The Hall–Kier alpha value is -0.930. The molecule has 2 N–H and O–H groups in total. The summed E-state index contributed by atoms with van der Waals surface area (Å²) in [4.78, 5) is 5.01. The minimum Gasteiger partial charge on any atom is -0.310 e. The third-order valence-electron chi connectivity index (χ3n) is 7.35. The lowest BCUT2D eigenvalue weighted by molar-refractivity contribution is 0.00792. The Kier molecular flexibility index (Phi) is 3.71. The molecule has 0 radical (unpaired) electrons. The number of nitrogens with zero attached hydrogens (tertiary/aromatic N) is 1. The van der Waals surface area contributed by atoms with Crippen LogP contribution in [0.3, 0.4) is 0 Å². The topological polar surface area (TPSA) is 37.0 Å². The van der Waals surface area contributed by atoms with Gasteiger partial charge in [-0.2, -0.15) is 0 Å². The molecule has 4 aliphatic rings. The average molecular weight is 326 g/mol. The molecule has 1 unspecified atom stereocenters. The molecule has 2 aliphatic heterocycles. The fourth-order valence-corrected chi connectivity index (χ4v) is 6.45. The molecule has 0 spiro atoms. The SMILES string of the molecule is C[C@@H]1C[C@H]2Cc3ncc(C4CCCCN4)cc3[C@]3(C1)NCCC[C@H]23. The van der Waals surface area contributed by atoms with Crippen LogP contribution in [0, 0.1) is 17.8 Å². The van der Waals surface area contributed by atoms with Crippen LogP contribution in [0.25, 0.3) is 0 Å². The molecule has 0 amide bonds. The van der Waals surface area contributed by atoms with Crippen molar-refractivity contribution < 1.29 is 0 Å². The van der Waals surface area contributed by atoms with Crippen molar-refractivity contribution in [2.45, 2.75) is 69.9 Å². The van der Waals surface area contributed by atoms with Gasteiger partial charge in [0.2, 0.25) is 0 Å². The largest absolute Gasteiger partial charge is 0.310 e. The molecular formula is C21H31N3. The zero-order valence-electron chi connectivity index (χ0n) is 15.0. The van der Waals surface area contributed by atoms with Crippen molar-refractivity contribution in [3.63, 3.8) is 0 Å². The van der Waals surface area contributed by atoms with Gasteiger partial charge in [-0.1, -0.05) is 13.3 Å². The van der Waals surface area contributed by atoms with Gasteiger partial charge in [-0.05, 0) is 93.0 Å². The van der Waals surface area contributed by atoms with E-state index in [1.165, 1.54) is 69.2 Å². The summed E-state index contributed by atoms with van der Waals surface area (Å²) in [5, 5.41) is 7.74. The number of aromatic nitrogens is 1. The van der Waals surface area contributed by atoms with Crippen LogP contribution in [0.2, 0.25) is 0 Å². The van der Waals surface area contributed by atoms with Crippen molar-refractivity contribution in [1.29, 1.82) is 0 Å². The van der Waals surface area contributed by atoms with Gasteiger partial charge in [-0.3, -0.25) is 4.98 Å². The van der Waals surface area contributed by atoms with E-state index in [4.69, 9.17) is 4.98 Å². The van der Waals surface area contributed by atoms with Crippen LogP contribution in [0.5, 0.6) is 0 Å². The highest BCUT2D eigenvalue weighted by Crippen LogP contribution is 2.55. The predicted molar refractivity (Wildman–Crippen MR) is 96.8 cm³/mol. The molecule has 5 rings (SSSR count). The molecule has 0 aromatic carbocycles. The fraction of sp³-hybridized carbons (Fsp3) is 0.762. The Balaban J connectivity index is 1.58. The van der Waals surface area contributed by atoms with Crippen molar-refractivity contribution in [3.05, 3.63) is 29.1 Å². The van der Waals surface area contributed by atoms with E-state index in [-0.39, 0.29) is 5.54 Å². The maximum absolute atomic E-state index is 5.01. The molecule has 2 bridgehead atoms. The van der Waals surface area contributed by atoms with Gasteiger partial charge >= 0.3 is 0 Å². The van der Waals surface area contributed by atoms with Crippen molar-refractivity contribution in [1.82, 2.24) is 15.6 Å². The minimum absolute atomic E-state index is 0.228. The molecule has 2 aliphatic carbocycles. The summed E-state index contributed by atoms with van der Waals surface area (Å²) in [5.41, 5.74) is 4.63. The van der Waals surface area contributed by atoms with Gasteiger partial charge < -0.3 is 10.6 Å². The van der Waals surface area contributed by atoms with Gasteiger partial charge in [0.15, 0.2) is 0 Å². The zero-order chi connectivity index (χ0) is 16.1. The summed E-state index contributed by atoms with van der Waals surface area (Å²) >= 11 is 0. The molecule has 1 aromatic heterocycles. The van der Waals surface area contributed by atoms with Gasteiger partial charge in [0, 0.05) is 23.5 Å². The lowest BCUT2D eigenvalue weighted by atomic mass is 9.54. The molecule has 2 saturated heterocycles. The van der Waals surface area contributed by atoms with Crippen LogP contribution in [-0.4, -0.2) is 18.1 Å². The number of fused-ring (bicyclic) bond motifs is 1. The monoisotopic (exact) mass is 325 g/mol. The first-order valence-corrected chi connectivity index (χ1v) is 10.2. The molecule has 1 saturated carbocycles. The van der Waals surface area contributed by atoms with E-state index in [2.05, 4.69) is 29.8 Å². The van der Waals surface area contributed by atoms with Gasteiger partial charge in [0.1, 0.15) is 0 Å². The van der Waals surface area contributed by atoms with E-state index < -0.39 is 0 Å². The van der Waals surface area contributed by atoms with Crippen LogP contribution in [0.15, 0.2) is 12.3 Å². The molecule has 3 nitrogen and oxygen atoms in total. The first kappa shape index (κ1) is 15.3. The first-order valence-electron chi connectivity index (χ1n) is 10.2. The van der Waals surface area contributed by atoms with Gasteiger partial charge in [0.25, 0.3) is 0 Å². The highest BCUT2D eigenvalue weighted by atomic mass is 15.0. The predicted octanol–water partition coefficient (Wildman–Crippen LogP) is 3.69. The molecule has 1 aromatic rings. The maximum Gasteiger partial charge on any atom is 0.0486 e. The fourth-order valence-electron chi connectivity index (χ4n) is 6.45. The van der Waals surface area contributed by atoms with E-state index in [9.17, 15) is 0 Å². The Labute approximate surface area is 146 Å². The standard InChI is InChI=1S/C21H31N3/c1-14-9-15-11-20-18(21(12-14)17(15)5-4-8-24-21)10-16(13-23-20)19-6-2-3-7-22-19/h10,13-15,17,19,22,24H,2-9,11-12H2,1H3/t14-,15+,17-,19?,21-/m1/s1. The van der Waals surface area contributed by atoms with Crippen molar-refractivity contribution in [2.24, 2.45) is 17.8 Å². The van der Waals surface area contributed by atoms with Crippen LogP contribution < -0.4 is 10.6 Å². The number of nitrogens with one attached hydrogen (secondary N) is 2. The van der Waals surface area contributed by atoms with E-state index >= 15 is 0 Å². The molecule has 5 atom stereocenters. The smallest absolute Gasteiger partial charge is 0.0486 e. The second-order valence-corrected chi connectivity index (χ2v) is 8.92. The molecule has 24 heavy (non-hydrogen) atoms. The van der Waals surface area contributed by atoms with E-state index in [0.29, 0.717) is 6.04 Å². The lowest BCUT2D eigenvalue weighted by Crippen LogP contribution is -2.60. The summed E-state index contributed by atoms with van der Waals surface area (Å²) in [7, 11) is 0. The van der Waals surface area contributed by atoms with Gasteiger partial charge in [0.05, 0.1) is 0 Å². The Morgan fingerprint density at radius 2 is 2.12 bits per heavy atom. The third kappa shape index (κ3) is 2.28. The maximum atomic E-state index is 5.01. The molecule has 3 fully saturated rings. The van der Waals surface area contributed by atoms with Crippen molar-refractivity contribution >= 4 is 0 Å². The van der Waals surface area contributed by atoms with Crippen molar-refractivity contribution in [3.8, 4) is 0 Å². The molecular weight excluding hydrogens is 294 g/mol. The van der Waals surface area contributed by atoms with Crippen LogP contribution in [0.1, 0.15) is 74.7 Å². The highest BCUT2D eigenvalue weighted by molar-refractivity contribution is 5.39. The number of rotatable bonds is 1. The van der Waals surface area contributed by atoms with E-state index in [1.807, 2.05) is 0 Å². The summed E-state index contributed by atoms with van der Waals surface area (Å²) in [6.45, 7) is 4.81. The summed E-state index contributed by atoms with van der Waals surface area (Å²) in [5.74, 6) is 2.52. The molecule has 3 heterocycles. The molecule has 3 heteroatoms. The lowest BCUT2D eigenvalue weighted by Gasteiger charge is -2.57. The normalized spacial score (nSPS) is 41.4. The Morgan fingerprint density at radius 1 is 1.17 bits per heavy atom. The average Bonchev–Trinajstić information content (AvgIpc) is 2.62. The van der Waals surface area contributed by atoms with Gasteiger partial charge in [-0.25, -0.2) is 0 Å².